The van der Waals surface area contributed by atoms with Crippen molar-refractivity contribution in [1.29, 1.82) is 0 Å². The first-order chi connectivity index (χ1) is 20.4. The van der Waals surface area contributed by atoms with Crippen LogP contribution in [0.25, 0.3) is 0 Å². The molecule has 1 fully saturated rings. The second kappa shape index (κ2) is 15.8. The summed E-state index contributed by atoms with van der Waals surface area (Å²) in [5.74, 6) is 2.11. The molecular formula is C38H52N2O2. The molecule has 226 valence electrons. The van der Waals surface area contributed by atoms with Crippen molar-refractivity contribution in [3.05, 3.63) is 95.1 Å². The highest BCUT2D eigenvalue weighted by Crippen LogP contribution is 2.37. The van der Waals surface area contributed by atoms with E-state index in [2.05, 4.69) is 118 Å². The molecule has 0 bridgehead atoms. The van der Waals surface area contributed by atoms with Gasteiger partial charge < -0.3 is 15.0 Å². The molecular weight excluding hydrogens is 516 g/mol. The number of para-hydroxylation sites is 1. The molecule has 0 heterocycles. The zero-order valence-corrected chi connectivity index (χ0v) is 26.6. The maximum Gasteiger partial charge on any atom is 0.322 e. The Bertz CT molecular complexity index is 1200. The molecule has 42 heavy (non-hydrogen) atoms. The van der Waals surface area contributed by atoms with Crippen molar-refractivity contribution in [2.24, 2.45) is 0 Å². The van der Waals surface area contributed by atoms with E-state index >= 15 is 0 Å². The topological polar surface area (TPSA) is 41.6 Å². The van der Waals surface area contributed by atoms with Crippen LogP contribution in [0.2, 0.25) is 0 Å². The van der Waals surface area contributed by atoms with Crippen LogP contribution in [0.3, 0.4) is 0 Å². The highest BCUT2D eigenvalue weighted by molar-refractivity contribution is 5.91. The number of benzene rings is 3. The number of hydrogen-bond acceptors (Lipinski definition) is 2. The lowest BCUT2D eigenvalue weighted by Crippen LogP contribution is -2.44. The van der Waals surface area contributed by atoms with Crippen molar-refractivity contribution in [2.45, 2.75) is 116 Å². The quantitative estimate of drug-likeness (QED) is 0.208. The minimum absolute atomic E-state index is 0.00408. The second-order valence-electron chi connectivity index (χ2n) is 12.6. The first-order valence-corrected chi connectivity index (χ1v) is 16.3. The zero-order chi connectivity index (χ0) is 29.9. The Balaban J connectivity index is 1.52. The standard InChI is InChI=1S/C38H52N2O2/c1-6-7-8-12-26-42-34-24-18-30(19-25-34)27-40(33-22-20-32(21-23-33)31-14-10-9-11-15-31)38(41)39-37-35(28(2)3)16-13-17-36(37)29(4)5/h9-11,13-19,24-25,28-29,32-33H,6-8,12,20-23,26-27H2,1-5H3,(H,39,41). The van der Waals surface area contributed by atoms with Crippen LogP contribution in [0, 0.1) is 0 Å². The fourth-order valence-electron chi connectivity index (χ4n) is 6.29. The van der Waals surface area contributed by atoms with Gasteiger partial charge in [0.1, 0.15) is 5.75 Å². The smallest absolute Gasteiger partial charge is 0.322 e. The van der Waals surface area contributed by atoms with Crippen molar-refractivity contribution < 1.29 is 9.53 Å². The van der Waals surface area contributed by atoms with Gasteiger partial charge in [0.15, 0.2) is 0 Å². The van der Waals surface area contributed by atoms with E-state index in [9.17, 15) is 4.79 Å². The molecule has 0 saturated heterocycles. The molecule has 4 heteroatoms. The normalized spacial score (nSPS) is 16.9. The van der Waals surface area contributed by atoms with Gasteiger partial charge in [0, 0.05) is 18.3 Å². The molecule has 1 aliphatic rings. The second-order valence-corrected chi connectivity index (χ2v) is 12.6. The first kappa shape index (κ1) is 31.7. The number of unbranched alkanes of at least 4 members (excludes halogenated alkanes) is 3. The molecule has 3 aromatic rings. The lowest BCUT2D eigenvalue weighted by molar-refractivity contribution is 0.158. The fraction of sp³-hybridized carbons (Fsp3) is 0.500. The van der Waals surface area contributed by atoms with Crippen molar-refractivity contribution in [3.63, 3.8) is 0 Å². The predicted molar refractivity (Wildman–Crippen MR) is 177 cm³/mol. The fourth-order valence-corrected chi connectivity index (χ4v) is 6.29. The summed E-state index contributed by atoms with van der Waals surface area (Å²) in [5, 5.41) is 3.42. The number of ether oxygens (including phenoxy) is 1. The van der Waals surface area contributed by atoms with E-state index in [1.807, 2.05) is 0 Å². The van der Waals surface area contributed by atoms with Gasteiger partial charge in [-0.3, -0.25) is 0 Å². The molecule has 1 saturated carbocycles. The van der Waals surface area contributed by atoms with Crippen molar-refractivity contribution in [1.82, 2.24) is 4.90 Å². The molecule has 1 N–H and O–H groups in total. The average molecular weight is 569 g/mol. The van der Waals surface area contributed by atoms with Crippen LogP contribution in [0.5, 0.6) is 5.75 Å². The molecule has 0 radical (unpaired) electrons. The number of nitrogens with zero attached hydrogens (tertiary/aromatic N) is 1. The number of nitrogens with one attached hydrogen (secondary N) is 1. The number of anilines is 1. The predicted octanol–water partition coefficient (Wildman–Crippen LogP) is 10.7. The molecule has 0 atom stereocenters. The summed E-state index contributed by atoms with van der Waals surface area (Å²) in [4.78, 5) is 16.3. The molecule has 0 spiro atoms. The Morgan fingerprint density at radius 1 is 0.810 bits per heavy atom. The lowest BCUT2D eigenvalue weighted by atomic mass is 9.81. The molecule has 4 rings (SSSR count). The number of urea groups is 1. The third-order valence-corrected chi connectivity index (χ3v) is 8.82. The van der Waals surface area contributed by atoms with E-state index in [1.54, 1.807) is 0 Å². The van der Waals surface area contributed by atoms with E-state index in [-0.39, 0.29) is 12.1 Å². The van der Waals surface area contributed by atoms with Gasteiger partial charge in [0.25, 0.3) is 0 Å². The first-order valence-electron chi connectivity index (χ1n) is 16.3. The Labute approximate surface area is 254 Å². The Hall–Kier alpha value is -3.27. The largest absolute Gasteiger partial charge is 0.494 e. The van der Waals surface area contributed by atoms with Gasteiger partial charge >= 0.3 is 6.03 Å². The summed E-state index contributed by atoms with van der Waals surface area (Å²) < 4.78 is 5.99. The SMILES string of the molecule is CCCCCCOc1ccc(CN(C(=O)Nc2c(C(C)C)cccc2C(C)C)C2CCC(c3ccccc3)CC2)cc1. The molecule has 0 aliphatic heterocycles. The number of amides is 2. The number of carbonyl (C=O) groups is 1. The van der Waals surface area contributed by atoms with Crippen LogP contribution in [0.4, 0.5) is 10.5 Å². The summed E-state index contributed by atoms with van der Waals surface area (Å²) in [7, 11) is 0. The maximum absolute atomic E-state index is 14.2. The monoisotopic (exact) mass is 568 g/mol. The highest BCUT2D eigenvalue weighted by atomic mass is 16.5. The van der Waals surface area contributed by atoms with E-state index in [4.69, 9.17) is 4.74 Å². The summed E-state index contributed by atoms with van der Waals surface area (Å²) >= 11 is 0. The maximum atomic E-state index is 14.2. The van der Waals surface area contributed by atoms with E-state index < -0.39 is 0 Å². The van der Waals surface area contributed by atoms with Gasteiger partial charge in [0.2, 0.25) is 0 Å². The number of carbonyl (C=O) groups excluding carboxylic acids is 1. The summed E-state index contributed by atoms with van der Waals surface area (Å²) in [5.41, 5.74) is 5.94. The summed E-state index contributed by atoms with van der Waals surface area (Å²) in [6, 6.07) is 25.9. The van der Waals surface area contributed by atoms with Gasteiger partial charge in [-0.05, 0) is 84.2 Å². The van der Waals surface area contributed by atoms with Crippen LogP contribution in [-0.2, 0) is 6.54 Å². The van der Waals surface area contributed by atoms with Gasteiger partial charge in [-0.2, -0.15) is 0 Å². The van der Waals surface area contributed by atoms with Gasteiger partial charge in [-0.25, -0.2) is 4.79 Å². The minimum atomic E-state index is 0.00408. The van der Waals surface area contributed by atoms with Crippen molar-refractivity contribution in [3.8, 4) is 5.75 Å². The molecule has 3 aromatic carbocycles. The third-order valence-electron chi connectivity index (χ3n) is 8.82. The lowest BCUT2D eigenvalue weighted by Gasteiger charge is -2.37. The van der Waals surface area contributed by atoms with Crippen LogP contribution in [-0.4, -0.2) is 23.6 Å². The Morgan fingerprint density at radius 2 is 1.45 bits per heavy atom. The molecule has 2 amide bonds. The van der Waals surface area contributed by atoms with Gasteiger partial charge in [-0.15, -0.1) is 0 Å². The molecule has 1 aliphatic carbocycles. The average Bonchev–Trinajstić information content (AvgIpc) is 3.01. The summed E-state index contributed by atoms with van der Waals surface area (Å²) in [6.45, 7) is 12.4. The van der Waals surface area contributed by atoms with E-state index in [0.717, 1.165) is 55.7 Å². The van der Waals surface area contributed by atoms with Gasteiger partial charge in [-0.1, -0.05) is 115 Å². The molecule has 0 unspecified atom stereocenters. The Kier molecular flexibility index (Phi) is 11.9. The zero-order valence-electron chi connectivity index (χ0n) is 26.6. The summed E-state index contributed by atoms with van der Waals surface area (Å²) in [6.07, 6.45) is 9.01. The highest BCUT2D eigenvalue weighted by Gasteiger charge is 2.30. The molecule has 0 aromatic heterocycles. The van der Waals surface area contributed by atoms with E-state index in [1.165, 1.54) is 36.0 Å². The van der Waals surface area contributed by atoms with E-state index in [0.29, 0.717) is 24.3 Å². The van der Waals surface area contributed by atoms with Crippen LogP contribution >= 0.6 is 0 Å². The van der Waals surface area contributed by atoms with Crippen molar-refractivity contribution >= 4 is 11.7 Å². The number of rotatable bonds is 13. The Morgan fingerprint density at radius 3 is 2.05 bits per heavy atom. The van der Waals surface area contributed by atoms with Crippen LogP contribution in [0.1, 0.15) is 126 Å². The van der Waals surface area contributed by atoms with Crippen LogP contribution in [0.15, 0.2) is 72.8 Å². The molecule has 4 nitrogen and oxygen atoms in total. The third kappa shape index (κ3) is 8.63. The van der Waals surface area contributed by atoms with Gasteiger partial charge in [0.05, 0.1) is 6.61 Å². The minimum Gasteiger partial charge on any atom is -0.494 e. The van der Waals surface area contributed by atoms with Crippen LogP contribution < -0.4 is 10.1 Å². The number of hydrogen-bond donors (Lipinski definition) is 1. The van der Waals surface area contributed by atoms with Crippen molar-refractivity contribution in [2.75, 3.05) is 11.9 Å².